The Kier molecular flexibility index (Phi) is 5.49. The minimum Gasteiger partial charge on any atom is -0.493 e. The number of amides is 1. The number of nitrogens with one attached hydrogen (secondary N) is 1. The molecule has 4 rings (SSSR count). The van der Waals surface area contributed by atoms with Gasteiger partial charge in [-0.05, 0) is 69.4 Å². The van der Waals surface area contributed by atoms with Crippen molar-refractivity contribution in [3.8, 4) is 5.75 Å². The number of anilines is 1. The van der Waals surface area contributed by atoms with Crippen LogP contribution < -0.4 is 9.46 Å². The number of carbonyl (C=O) groups excluding carboxylic acids is 1. The van der Waals surface area contributed by atoms with Crippen LogP contribution in [-0.2, 0) is 10.0 Å². The molecule has 6 nitrogen and oxygen atoms in total. The maximum atomic E-state index is 13.2. The van der Waals surface area contributed by atoms with Crippen LogP contribution >= 0.6 is 0 Å². The number of rotatable bonds is 3. The Morgan fingerprint density at radius 1 is 1.03 bits per heavy atom. The van der Waals surface area contributed by atoms with Crippen molar-refractivity contribution in [2.75, 3.05) is 17.9 Å². The molecule has 1 amide bonds. The largest absolute Gasteiger partial charge is 0.493 e. The van der Waals surface area contributed by atoms with Crippen molar-refractivity contribution in [2.45, 2.75) is 57.4 Å². The van der Waals surface area contributed by atoms with Crippen LogP contribution in [0.1, 0.15) is 52.7 Å². The third kappa shape index (κ3) is 3.90. The lowest BCUT2D eigenvalue weighted by molar-refractivity contribution is 0.0548. The van der Waals surface area contributed by atoms with E-state index in [1.54, 1.807) is 32.0 Å². The lowest BCUT2D eigenvalue weighted by Crippen LogP contribution is -2.45. The molecule has 7 heteroatoms. The van der Waals surface area contributed by atoms with Crippen molar-refractivity contribution in [1.82, 2.24) is 4.90 Å². The van der Waals surface area contributed by atoms with Gasteiger partial charge in [-0.15, -0.1) is 0 Å². The summed E-state index contributed by atoms with van der Waals surface area (Å²) in [7, 11) is -3.79. The highest BCUT2D eigenvalue weighted by Gasteiger charge is 2.31. The molecule has 1 fully saturated rings. The molecule has 2 aromatic rings. The molecular weight excluding hydrogens is 400 g/mol. The zero-order valence-electron chi connectivity index (χ0n) is 17.7. The van der Waals surface area contributed by atoms with Crippen LogP contribution in [0.25, 0.3) is 0 Å². The molecule has 1 saturated heterocycles. The van der Waals surface area contributed by atoms with Gasteiger partial charge in [0.25, 0.3) is 15.9 Å². The molecule has 2 aromatic carbocycles. The van der Waals surface area contributed by atoms with E-state index in [0.29, 0.717) is 34.7 Å². The van der Waals surface area contributed by atoms with Gasteiger partial charge in [-0.25, -0.2) is 8.42 Å². The van der Waals surface area contributed by atoms with Crippen LogP contribution in [0, 0.1) is 20.8 Å². The van der Waals surface area contributed by atoms with Crippen molar-refractivity contribution in [3.05, 3.63) is 52.6 Å². The predicted molar refractivity (Wildman–Crippen MR) is 117 cm³/mol. The fourth-order valence-electron chi connectivity index (χ4n) is 4.71. The quantitative estimate of drug-likeness (QED) is 0.795. The molecule has 2 aliphatic rings. The fraction of sp³-hybridized carbons (Fsp3) is 0.435. The van der Waals surface area contributed by atoms with Crippen molar-refractivity contribution in [2.24, 2.45) is 0 Å². The second-order valence-electron chi connectivity index (χ2n) is 8.33. The van der Waals surface area contributed by atoms with Crippen molar-refractivity contribution in [1.29, 1.82) is 0 Å². The van der Waals surface area contributed by atoms with E-state index in [0.717, 1.165) is 37.8 Å². The van der Waals surface area contributed by atoms with Crippen molar-refractivity contribution >= 4 is 21.6 Å². The van der Waals surface area contributed by atoms with E-state index in [1.165, 1.54) is 0 Å². The highest BCUT2D eigenvalue weighted by molar-refractivity contribution is 7.92. The monoisotopic (exact) mass is 428 g/mol. The molecule has 1 atom stereocenters. The van der Waals surface area contributed by atoms with Gasteiger partial charge in [0, 0.05) is 24.7 Å². The minimum absolute atomic E-state index is 0.0851. The molecular formula is C23H28N2O4S. The first-order valence-electron chi connectivity index (χ1n) is 10.4. The summed E-state index contributed by atoms with van der Waals surface area (Å²) in [6.45, 7) is 6.82. The van der Waals surface area contributed by atoms with Gasteiger partial charge < -0.3 is 9.64 Å². The van der Waals surface area contributed by atoms with Gasteiger partial charge in [0.2, 0.25) is 0 Å². The Morgan fingerprint density at radius 3 is 2.50 bits per heavy atom. The number of hydrogen-bond donors (Lipinski definition) is 1. The summed E-state index contributed by atoms with van der Waals surface area (Å²) in [6, 6.07) is 8.84. The predicted octanol–water partition coefficient (Wildman–Crippen LogP) is 4.19. The summed E-state index contributed by atoms with van der Waals surface area (Å²) in [6.07, 6.45) is 3.93. The zero-order chi connectivity index (χ0) is 21.5. The second kappa shape index (κ2) is 7.95. The van der Waals surface area contributed by atoms with Crippen LogP contribution in [0.3, 0.4) is 0 Å². The summed E-state index contributed by atoms with van der Waals surface area (Å²) in [5, 5.41) is 0. The molecule has 30 heavy (non-hydrogen) atoms. The lowest BCUT2D eigenvalue weighted by Gasteiger charge is -2.37. The van der Waals surface area contributed by atoms with Gasteiger partial charge in [-0.1, -0.05) is 17.7 Å². The highest BCUT2D eigenvalue weighted by Crippen LogP contribution is 2.32. The Morgan fingerprint density at radius 2 is 1.77 bits per heavy atom. The summed E-state index contributed by atoms with van der Waals surface area (Å²) in [5.41, 5.74) is 3.19. The van der Waals surface area contributed by atoms with Gasteiger partial charge in [0.05, 0.1) is 17.1 Å². The van der Waals surface area contributed by atoms with Crippen molar-refractivity contribution < 1.29 is 17.9 Å². The fourth-order valence-corrected chi connectivity index (χ4v) is 6.22. The van der Waals surface area contributed by atoms with E-state index in [4.69, 9.17) is 4.74 Å². The number of sulfonamides is 1. The maximum Gasteiger partial charge on any atom is 0.262 e. The standard InChI is InChI=1S/C23H28N2O4S/c1-15-12-16(2)22(17(3)13-15)30(27,28)24-18-7-8-21-20(14-18)23(26)25-10-5-4-6-19(25)9-11-29-21/h7-8,12-14,19,24H,4-6,9-11H2,1-3H3. The number of fused-ring (bicyclic) bond motifs is 2. The summed E-state index contributed by atoms with van der Waals surface area (Å²) in [5.74, 6) is 0.424. The molecule has 0 aliphatic carbocycles. The van der Waals surface area contributed by atoms with E-state index < -0.39 is 10.0 Å². The summed E-state index contributed by atoms with van der Waals surface area (Å²) >= 11 is 0. The number of piperidine rings is 1. The minimum atomic E-state index is -3.79. The third-order valence-electron chi connectivity index (χ3n) is 5.93. The molecule has 0 aromatic heterocycles. The zero-order valence-corrected chi connectivity index (χ0v) is 18.5. The van der Waals surface area contributed by atoms with Gasteiger partial charge >= 0.3 is 0 Å². The Bertz CT molecular complexity index is 1070. The lowest BCUT2D eigenvalue weighted by atomic mass is 9.97. The smallest absolute Gasteiger partial charge is 0.262 e. The number of benzene rings is 2. The van der Waals surface area contributed by atoms with Crippen LogP contribution in [0.4, 0.5) is 5.69 Å². The van der Waals surface area contributed by atoms with Crippen LogP contribution in [-0.4, -0.2) is 38.4 Å². The van der Waals surface area contributed by atoms with E-state index in [2.05, 4.69) is 4.72 Å². The Balaban J connectivity index is 1.68. The Labute approximate surface area is 178 Å². The second-order valence-corrected chi connectivity index (χ2v) is 9.95. The number of nitrogens with zero attached hydrogens (tertiary/aromatic N) is 1. The number of carbonyl (C=O) groups is 1. The number of aryl methyl sites for hydroxylation is 3. The van der Waals surface area contributed by atoms with Gasteiger partial charge in [0.1, 0.15) is 5.75 Å². The summed E-state index contributed by atoms with van der Waals surface area (Å²) < 4.78 is 34.7. The van der Waals surface area contributed by atoms with E-state index >= 15 is 0 Å². The molecule has 1 unspecified atom stereocenters. The molecule has 2 aliphatic heterocycles. The molecule has 0 spiro atoms. The number of ether oxygens (including phenoxy) is 1. The summed E-state index contributed by atoms with van der Waals surface area (Å²) in [4.78, 5) is 15.4. The van der Waals surface area contributed by atoms with Crippen LogP contribution in [0.2, 0.25) is 0 Å². The molecule has 1 N–H and O–H groups in total. The van der Waals surface area contributed by atoms with E-state index in [-0.39, 0.29) is 16.8 Å². The first-order chi connectivity index (χ1) is 14.3. The highest BCUT2D eigenvalue weighted by atomic mass is 32.2. The first kappa shape index (κ1) is 20.7. The first-order valence-corrected chi connectivity index (χ1v) is 11.9. The van der Waals surface area contributed by atoms with E-state index in [1.807, 2.05) is 24.0 Å². The topological polar surface area (TPSA) is 75.7 Å². The molecule has 0 radical (unpaired) electrons. The normalized spacial score (nSPS) is 19.2. The van der Waals surface area contributed by atoms with Gasteiger partial charge in [0.15, 0.2) is 0 Å². The molecule has 0 saturated carbocycles. The van der Waals surface area contributed by atoms with Crippen LogP contribution in [0.15, 0.2) is 35.2 Å². The van der Waals surface area contributed by atoms with Gasteiger partial charge in [-0.2, -0.15) is 0 Å². The Hall–Kier alpha value is -2.54. The average Bonchev–Trinajstić information content (AvgIpc) is 2.66. The van der Waals surface area contributed by atoms with Crippen molar-refractivity contribution in [3.63, 3.8) is 0 Å². The third-order valence-corrected chi connectivity index (χ3v) is 7.62. The van der Waals surface area contributed by atoms with Gasteiger partial charge in [-0.3, -0.25) is 9.52 Å². The SMILES string of the molecule is Cc1cc(C)c(S(=O)(=O)Nc2ccc3c(c2)C(=O)N2CCCCC2CCO3)c(C)c1. The van der Waals surface area contributed by atoms with E-state index in [9.17, 15) is 13.2 Å². The maximum absolute atomic E-state index is 13.2. The van der Waals surface area contributed by atoms with Crippen LogP contribution in [0.5, 0.6) is 5.75 Å². The number of hydrogen-bond acceptors (Lipinski definition) is 4. The molecule has 0 bridgehead atoms. The average molecular weight is 429 g/mol. The molecule has 160 valence electrons. The molecule has 2 heterocycles.